The lowest BCUT2D eigenvalue weighted by Gasteiger charge is -2.27. The molecule has 0 atom stereocenters. The van der Waals surface area contributed by atoms with E-state index in [0.717, 1.165) is 19.3 Å². The first-order valence-electron chi connectivity index (χ1n) is 7.01. The largest absolute Gasteiger partial charge is 0.308 e. The molecule has 6 nitrogen and oxygen atoms in total. The molecule has 2 amide bonds. The first-order valence-corrected chi connectivity index (χ1v) is 7.01. The maximum absolute atomic E-state index is 12.5. The summed E-state index contributed by atoms with van der Waals surface area (Å²) in [6, 6.07) is 3.37. The number of hydrogen-bond donors (Lipinski definition) is 0. The van der Waals surface area contributed by atoms with E-state index in [4.69, 9.17) is 0 Å². The Morgan fingerprint density at radius 1 is 0.900 bits per heavy atom. The van der Waals surface area contributed by atoms with Gasteiger partial charge in [-0.05, 0) is 31.4 Å². The van der Waals surface area contributed by atoms with Crippen LogP contribution in [0.2, 0.25) is 0 Å². The zero-order valence-electron chi connectivity index (χ0n) is 11.2. The molecule has 0 spiro atoms. The van der Waals surface area contributed by atoms with E-state index in [1.54, 1.807) is 23.2 Å². The van der Waals surface area contributed by atoms with Crippen molar-refractivity contribution in [1.82, 2.24) is 4.68 Å². The Balaban J connectivity index is 1.99. The van der Waals surface area contributed by atoms with E-state index in [1.807, 2.05) is 0 Å². The van der Waals surface area contributed by atoms with Crippen molar-refractivity contribution in [3.63, 3.8) is 0 Å². The van der Waals surface area contributed by atoms with Crippen LogP contribution in [-0.2, 0) is 9.59 Å². The second-order valence-corrected chi connectivity index (χ2v) is 5.17. The Bertz CT molecular complexity index is 608. The summed E-state index contributed by atoms with van der Waals surface area (Å²) >= 11 is 0. The number of amides is 2. The summed E-state index contributed by atoms with van der Waals surface area (Å²) in [5, 5.41) is 1.46. The molecule has 3 heterocycles. The summed E-state index contributed by atoms with van der Waals surface area (Å²) in [7, 11) is 0. The normalized spacial score (nSPS) is 19.8. The molecule has 3 rings (SSSR count). The molecule has 0 bridgehead atoms. The summed E-state index contributed by atoms with van der Waals surface area (Å²) in [4.78, 5) is 37.8. The number of piperidine rings is 1. The third kappa shape index (κ3) is 2.11. The molecule has 2 aliphatic heterocycles. The van der Waals surface area contributed by atoms with Gasteiger partial charge in [-0.1, -0.05) is 0 Å². The van der Waals surface area contributed by atoms with Gasteiger partial charge in [0.15, 0.2) is 0 Å². The number of anilines is 1. The Labute approximate surface area is 116 Å². The van der Waals surface area contributed by atoms with Crippen LogP contribution in [0.3, 0.4) is 0 Å². The van der Waals surface area contributed by atoms with Crippen molar-refractivity contribution in [3.8, 4) is 0 Å². The fourth-order valence-electron chi connectivity index (χ4n) is 2.79. The van der Waals surface area contributed by atoms with Crippen LogP contribution >= 0.6 is 0 Å². The standard InChI is InChI=1S/C14H17N3O3/c18-12-6-1-2-8-15(12)11-5-3-10-17(14(11)20)16-9-4-7-13(16)19/h3,5,10H,1-2,4,6-9H2. The number of rotatable bonds is 2. The number of pyridine rings is 1. The minimum absolute atomic E-state index is 0.0150. The molecular weight excluding hydrogens is 258 g/mol. The van der Waals surface area contributed by atoms with Gasteiger partial charge in [-0.2, -0.15) is 0 Å². The highest BCUT2D eigenvalue weighted by Crippen LogP contribution is 2.17. The minimum atomic E-state index is -0.294. The first-order chi connectivity index (χ1) is 9.68. The third-order valence-electron chi connectivity index (χ3n) is 3.83. The molecule has 0 N–H and O–H groups in total. The zero-order valence-corrected chi connectivity index (χ0v) is 11.2. The van der Waals surface area contributed by atoms with Crippen molar-refractivity contribution in [1.29, 1.82) is 0 Å². The van der Waals surface area contributed by atoms with Gasteiger partial charge < -0.3 is 4.90 Å². The van der Waals surface area contributed by atoms with Crippen molar-refractivity contribution >= 4 is 17.5 Å². The SMILES string of the molecule is O=C1CCCCN1c1cccn(N2CCCC2=O)c1=O. The molecule has 0 unspecified atom stereocenters. The van der Waals surface area contributed by atoms with Crippen molar-refractivity contribution in [2.45, 2.75) is 32.1 Å². The van der Waals surface area contributed by atoms with Gasteiger partial charge in [-0.15, -0.1) is 0 Å². The highest BCUT2D eigenvalue weighted by Gasteiger charge is 2.26. The van der Waals surface area contributed by atoms with Gasteiger partial charge in [0, 0.05) is 32.1 Å². The number of carbonyl (C=O) groups excluding carboxylic acids is 2. The molecular formula is C14H17N3O3. The van der Waals surface area contributed by atoms with Crippen LogP contribution in [0.5, 0.6) is 0 Å². The van der Waals surface area contributed by atoms with Crippen LogP contribution in [0.1, 0.15) is 32.1 Å². The van der Waals surface area contributed by atoms with Gasteiger partial charge in [-0.25, -0.2) is 9.69 Å². The zero-order chi connectivity index (χ0) is 14.1. The molecule has 1 aromatic rings. The van der Waals surface area contributed by atoms with Crippen LogP contribution < -0.4 is 15.5 Å². The van der Waals surface area contributed by atoms with Gasteiger partial charge in [-0.3, -0.25) is 14.4 Å². The molecule has 0 aromatic carbocycles. The summed E-state index contributed by atoms with van der Waals surface area (Å²) < 4.78 is 1.34. The summed E-state index contributed by atoms with van der Waals surface area (Å²) in [6.07, 6.45) is 5.08. The molecule has 106 valence electrons. The summed E-state index contributed by atoms with van der Waals surface area (Å²) in [6.45, 7) is 1.13. The highest BCUT2D eigenvalue weighted by molar-refractivity contribution is 5.94. The minimum Gasteiger partial charge on any atom is -0.308 e. The molecule has 1 aromatic heterocycles. The maximum Gasteiger partial charge on any atom is 0.293 e. The average Bonchev–Trinajstić information content (AvgIpc) is 2.86. The Morgan fingerprint density at radius 3 is 2.40 bits per heavy atom. The average molecular weight is 275 g/mol. The quantitative estimate of drug-likeness (QED) is 0.795. The van der Waals surface area contributed by atoms with Crippen molar-refractivity contribution in [3.05, 3.63) is 28.7 Å². The monoisotopic (exact) mass is 275 g/mol. The van der Waals surface area contributed by atoms with Crippen LogP contribution in [0, 0.1) is 0 Å². The Hall–Kier alpha value is -2.11. The molecule has 0 aliphatic carbocycles. The van der Waals surface area contributed by atoms with Crippen molar-refractivity contribution in [2.24, 2.45) is 0 Å². The fraction of sp³-hybridized carbons (Fsp3) is 0.500. The predicted octanol–water partition coefficient (Wildman–Crippen LogP) is 0.624. The van der Waals surface area contributed by atoms with Crippen LogP contribution in [-0.4, -0.2) is 29.6 Å². The van der Waals surface area contributed by atoms with Crippen molar-refractivity contribution in [2.75, 3.05) is 23.0 Å². The molecule has 0 saturated carbocycles. The van der Waals surface area contributed by atoms with E-state index in [0.29, 0.717) is 31.6 Å². The Kier molecular flexibility index (Phi) is 3.30. The molecule has 6 heteroatoms. The number of hydrogen-bond acceptors (Lipinski definition) is 3. The van der Waals surface area contributed by atoms with E-state index in [-0.39, 0.29) is 17.4 Å². The molecule has 2 fully saturated rings. The highest BCUT2D eigenvalue weighted by atomic mass is 16.2. The molecule has 2 aliphatic rings. The smallest absolute Gasteiger partial charge is 0.293 e. The van der Waals surface area contributed by atoms with E-state index in [1.165, 1.54) is 9.69 Å². The van der Waals surface area contributed by atoms with Gasteiger partial charge in [0.1, 0.15) is 5.69 Å². The first kappa shape index (κ1) is 12.9. The van der Waals surface area contributed by atoms with E-state index in [2.05, 4.69) is 0 Å². The van der Waals surface area contributed by atoms with Crippen LogP contribution in [0.15, 0.2) is 23.1 Å². The van der Waals surface area contributed by atoms with Gasteiger partial charge in [0.25, 0.3) is 5.56 Å². The Morgan fingerprint density at radius 2 is 1.70 bits per heavy atom. The van der Waals surface area contributed by atoms with E-state index in [9.17, 15) is 14.4 Å². The molecule has 2 saturated heterocycles. The lowest BCUT2D eigenvalue weighted by Crippen LogP contribution is -2.46. The van der Waals surface area contributed by atoms with E-state index >= 15 is 0 Å². The second-order valence-electron chi connectivity index (χ2n) is 5.17. The maximum atomic E-state index is 12.5. The number of carbonyl (C=O) groups is 2. The fourth-order valence-corrected chi connectivity index (χ4v) is 2.79. The lowest BCUT2D eigenvalue weighted by atomic mass is 10.1. The van der Waals surface area contributed by atoms with Gasteiger partial charge in [0.2, 0.25) is 11.8 Å². The second kappa shape index (κ2) is 5.11. The third-order valence-corrected chi connectivity index (χ3v) is 3.83. The summed E-state index contributed by atoms with van der Waals surface area (Å²) in [5.74, 6) is -0.0620. The topological polar surface area (TPSA) is 62.6 Å². The van der Waals surface area contributed by atoms with Crippen LogP contribution in [0.4, 0.5) is 5.69 Å². The number of nitrogens with zero attached hydrogens (tertiary/aromatic N) is 3. The molecule has 20 heavy (non-hydrogen) atoms. The summed E-state index contributed by atoms with van der Waals surface area (Å²) in [5.41, 5.74) is 0.0786. The van der Waals surface area contributed by atoms with Gasteiger partial charge in [0.05, 0.1) is 0 Å². The molecule has 0 radical (unpaired) electrons. The lowest BCUT2D eigenvalue weighted by molar-refractivity contribution is -0.119. The van der Waals surface area contributed by atoms with Crippen LogP contribution in [0.25, 0.3) is 0 Å². The van der Waals surface area contributed by atoms with Crippen molar-refractivity contribution < 1.29 is 9.59 Å². The predicted molar refractivity (Wildman–Crippen MR) is 74.2 cm³/mol. The number of aromatic nitrogens is 1. The van der Waals surface area contributed by atoms with Gasteiger partial charge >= 0.3 is 0 Å². The van der Waals surface area contributed by atoms with E-state index < -0.39 is 0 Å².